The Hall–Kier alpha value is -3.39. The van der Waals surface area contributed by atoms with Gasteiger partial charge in [0.1, 0.15) is 12.3 Å². The lowest BCUT2D eigenvalue weighted by Gasteiger charge is -2.33. The van der Waals surface area contributed by atoms with Crippen LogP contribution in [0.4, 0.5) is 23.3 Å². The zero-order chi connectivity index (χ0) is 21.8. The van der Waals surface area contributed by atoms with Crippen LogP contribution in [0, 0.1) is 13.8 Å². The fourth-order valence-electron chi connectivity index (χ4n) is 3.92. The van der Waals surface area contributed by atoms with Gasteiger partial charge in [-0.2, -0.15) is 15.0 Å². The summed E-state index contributed by atoms with van der Waals surface area (Å²) in [6.07, 6.45) is 0. The Balaban J connectivity index is 1.38. The number of aryl methyl sites for hydroxylation is 2. The smallest absolute Gasteiger partial charge is 0.232 e. The van der Waals surface area contributed by atoms with Gasteiger partial charge in [-0.05, 0) is 49.7 Å². The van der Waals surface area contributed by atoms with Crippen molar-refractivity contribution in [3.63, 3.8) is 0 Å². The minimum atomic E-state index is 0.244. The Bertz CT molecular complexity index is 1030. The molecule has 0 atom stereocenters. The van der Waals surface area contributed by atoms with Gasteiger partial charge in [-0.25, -0.2) is 0 Å². The van der Waals surface area contributed by atoms with Crippen molar-refractivity contribution < 1.29 is 9.64 Å². The first-order valence-electron chi connectivity index (χ1n) is 10.6. The van der Waals surface area contributed by atoms with Gasteiger partial charge in [0.2, 0.25) is 11.9 Å². The lowest BCUT2D eigenvalue weighted by molar-refractivity contribution is -0.915. The van der Waals surface area contributed by atoms with Crippen LogP contribution in [0.2, 0.25) is 0 Å². The predicted octanol–water partition coefficient (Wildman–Crippen LogP) is 1.73. The molecule has 8 heteroatoms. The third kappa shape index (κ3) is 5.21. The van der Waals surface area contributed by atoms with E-state index in [0.717, 1.165) is 49.7 Å². The summed E-state index contributed by atoms with van der Waals surface area (Å²) in [6, 6.07) is 14.5. The molecule has 1 aliphatic heterocycles. The summed E-state index contributed by atoms with van der Waals surface area (Å²) >= 11 is 0. The van der Waals surface area contributed by atoms with E-state index in [0.29, 0.717) is 11.8 Å². The van der Waals surface area contributed by atoms with Gasteiger partial charge in [0.15, 0.2) is 5.82 Å². The standard InChI is InChI=1S/C23H29N7O/c1-16-4-9-20(17(2)14-16)25-23-27-21(26-22(24)28-23)15-29-10-12-30(13-11-29)18-5-7-19(31-3)8-6-18/h4-9,14H,10-13,15H2,1-3H3,(H3,24,25,26,27,28)/p+1. The quantitative estimate of drug-likeness (QED) is 0.559. The zero-order valence-electron chi connectivity index (χ0n) is 18.4. The second-order valence-electron chi connectivity index (χ2n) is 7.99. The van der Waals surface area contributed by atoms with Gasteiger partial charge in [0.25, 0.3) is 0 Å². The molecule has 1 aromatic heterocycles. The third-order valence-electron chi connectivity index (χ3n) is 5.64. The van der Waals surface area contributed by atoms with Gasteiger partial charge in [-0.3, -0.25) is 0 Å². The molecule has 0 saturated carbocycles. The van der Waals surface area contributed by atoms with Crippen LogP contribution in [-0.4, -0.2) is 48.2 Å². The minimum absolute atomic E-state index is 0.244. The van der Waals surface area contributed by atoms with Crippen molar-refractivity contribution >= 4 is 23.3 Å². The first-order chi connectivity index (χ1) is 15.0. The van der Waals surface area contributed by atoms with E-state index in [-0.39, 0.29) is 5.95 Å². The Morgan fingerprint density at radius 1 is 1.03 bits per heavy atom. The van der Waals surface area contributed by atoms with Crippen LogP contribution < -0.4 is 25.6 Å². The maximum absolute atomic E-state index is 5.97. The summed E-state index contributed by atoms with van der Waals surface area (Å²) in [6.45, 7) is 8.85. The average molecular weight is 421 g/mol. The molecule has 8 nitrogen and oxygen atoms in total. The fraction of sp³-hybridized carbons (Fsp3) is 0.348. The predicted molar refractivity (Wildman–Crippen MR) is 123 cm³/mol. The third-order valence-corrected chi connectivity index (χ3v) is 5.64. The number of methoxy groups -OCH3 is 1. The van der Waals surface area contributed by atoms with Gasteiger partial charge in [0.05, 0.1) is 33.3 Å². The molecule has 1 saturated heterocycles. The number of hydrogen-bond acceptors (Lipinski definition) is 7. The lowest BCUT2D eigenvalue weighted by atomic mass is 10.1. The van der Waals surface area contributed by atoms with E-state index in [9.17, 15) is 0 Å². The molecule has 0 spiro atoms. The van der Waals surface area contributed by atoms with Crippen molar-refractivity contribution in [3.05, 3.63) is 59.4 Å². The summed E-state index contributed by atoms with van der Waals surface area (Å²) in [4.78, 5) is 17.1. The molecule has 162 valence electrons. The highest BCUT2D eigenvalue weighted by molar-refractivity contribution is 5.59. The molecule has 0 bridgehead atoms. The highest BCUT2D eigenvalue weighted by Crippen LogP contribution is 2.20. The molecule has 4 rings (SSSR count). The highest BCUT2D eigenvalue weighted by Gasteiger charge is 2.22. The van der Waals surface area contributed by atoms with E-state index in [1.807, 2.05) is 18.2 Å². The van der Waals surface area contributed by atoms with Crippen LogP contribution in [0.5, 0.6) is 5.75 Å². The number of piperazine rings is 1. The molecule has 0 aliphatic carbocycles. The zero-order valence-corrected chi connectivity index (χ0v) is 18.4. The van der Waals surface area contributed by atoms with Crippen LogP contribution in [0.15, 0.2) is 42.5 Å². The number of aromatic nitrogens is 3. The van der Waals surface area contributed by atoms with E-state index in [1.54, 1.807) is 7.11 Å². The monoisotopic (exact) mass is 420 g/mol. The summed E-state index contributed by atoms with van der Waals surface area (Å²) in [5.41, 5.74) is 10.5. The number of ether oxygens (including phenoxy) is 1. The van der Waals surface area contributed by atoms with E-state index in [2.05, 4.69) is 63.3 Å². The first-order valence-corrected chi connectivity index (χ1v) is 10.6. The van der Waals surface area contributed by atoms with Gasteiger partial charge >= 0.3 is 0 Å². The second kappa shape index (κ2) is 9.18. The van der Waals surface area contributed by atoms with Gasteiger partial charge < -0.3 is 25.6 Å². The average Bonchev–Trinajstić information content (AvgIpc) is 2.76. The van der Waals surface area contributed by atoms with Crippen LogP contribution in [0.1, 0.15) is 17.0 Å². The summed E-state index contributed by atoms with van der Waals surface area (Å²) in [5, 5.41) is 3.29. The van der Waals surface area contributed by atoms with E-state index < -0.39 is 0 Å². The Labute approximate surface area is 183 Å². The van der Waals surface area contributed by atoms with Gasteiger partial charge in [0, 0.05) is 11.4 Å². The van der Waals surface area contributed by atoms with Crippen molar-refractivity contribution in [1.29, 1.82) is 0 Å². The molecule has 0 unspecified atom stereocenters. The van der Waals surface area contributed by atoms with E-state index >= 15 is 0 Å². The van der Waals surface area contributed by atoms with Crippen molar-refractivity contribution in [2.75, 3.05) is 49.2 Å². The maximum Gasteiger partial charge on any atom is 0.232 e. The number of quaternary nitrogens is 1. The summed E-state index contributed by atoms with van der Waals surface area (Å²) in [5.74, 6) is 2.33. The number of hydrogen-bond donors (Lipinski definition) is 3. The molecule has 2 aromatic carbocycles. The molecule has 4 N–H and O–H groups in total. The SMILES string of the molecule is COc1ccc(N2CC[NH+](Cc3nc(N)nc(Nc4ccc(C)cc4C)n3)CC2)cc1. The molecule has 1 fully saturated rings. The normalized spacial score (nSPS) is 14.5. The molecule has 0 amide bonds. The molecule has 3 aromatic rings. The number of nitrogens with one attached hydrogen (secondary N) is 2. The number of rotatable bonds is 6. The van der Waals surface area contributed by atoms with Crippen molar-refractivity contribution in [3.8, 4) is 5.75 Å². The van der Waals surface area contributed by atoms with Crippen LogP contribution in [-0.2, 0) is 6.54 Å². The van der Waals surface area contributed by atoms with Gasteiger partial charge in [-0.15, -0.1) is 0 Å². The molecular formula is C23H30N7O+. The fourth-order valence-corrected chi connectivity index (χ4v) is 3.92. The first kappa shape index (κ1) is 20.9. The van der Waals surface area contributed by atoms with Crippen molar-refractivity contribution in [2.45, 2.75) is 20.4 Å². The van der Waals surface area contributed by atoms with Gasteiger partial charge in [-0.1, -0.05) is 17.7 Å². The largest absolute Gasteiger partial charge is 0.497 e. The molecule has 1 aliphatic rings. The molecular weight excluding hydrogens is 390 g/mol. The summed E-state index contributed by atoms with van der Waals surface area (Å²) < 4.78 is 5.25. The number of anilines is 4. The van der Waals surface area contributed by atoms with Crippen molar-refractivity contribution in [2.24, 2.45) is 0 Å². The van der Waals surface area contributed by atoms with Crippen LogP contribution >= 0.6 is 0 Å². The maximum atomic E-state index is 5.97. The number of nitrogens with two attached hydrogens (primary N) is 1. The second-order valence-corrected chi connectivity index (χ2v) is 7.99. The Morgan fingerprint density at radius 3 is 2.45 bits per heavy atom. The van der Waals surface area contributed by atoms with Crippen LogP contribution in [0.25, 0.3) is 0 Å². The Kier molecular flexibility index (Phi) is 6.18. The van der Waals surface area contributed by atoms with Crippen molar-refractivity contribution in [1.82, 2.24) is 15.0 Å². The highest BCUT2D eigenvalue weighted by atomic mass is 16.5. The molecule has 2 heterocycles. The number of nitrogen functional groups attached to an aromatic ring is 1. The Morgan fingerprint density at radius 2 is 1.77 bits per heavy atom. The lowest BCUT2D eigenvalue weighted by Crippen LogP contribution is -3.13. The topological polar surface area (TPSA) is 93.6 Å². The van der Waals surface area contributed by atoms with E-state index in [1.165, 1.54) is 16.2 Å². The molecule has 0 radical (unpaired) electrons. The summed E-state index contributed by atoms with van der Waals surface area (Å²) in [7, 11) is 1.69. The van der Waals surface area contributed by atoms with Crippen LogP contribution in [0.3, 0.4) is 0 Å². The van der Waals surface area contributed by atoms with E-state index in [4.69, 9.17) is 10.5 Å². The molecule has 31 heavy (non-hydrogen) atoms. The minimum Gasteiger partial charge on any atom is -0.497 e. The number of nitrogens with zero attached hydrogens (tertiary/aromatic N) is 4. The number of benzene rings is 2.